The molecule has 3 atom stereocenters. The maximum absolute atomic E-state index is 8.76. The molecule has 1 aromatic carbocycles. The number of epoxide rings is 1. The van der Waals surface area contributed by atoms with Crippen LogP contribution in [-0.4, -0.2) is 12.2 Å². The fourth-order valence-corrected chi connectivity index (χ4v) is 1.95. The van der Waals surface area contributed by atoms with Crippen LogP contribution in [0.5, 0.6) is 5.75 Å². The highest BCUT2D eigenvalue weighted by atomic mass is 16.6. The molecule has 3 nitrogen and oxygen atoms in total. The van der Waals surface area contributed by atoms with E-state index in [4.69, 9.17) is 14.7 Å². The van der Waals surface area contributed by atoms with Crippen molar-refractivity contribution in [3.05, 3.63) is 29.3 Å². The van der Waals surface area contributed by atoms with Crippen molar-refractivity contribution in [2.75, 3.05) is 0 Å². The van der Waals surface area contributed by atoms with Gasteiger partial charge in [-0.15, -0.1) is 0 Å². The van der Waals surface area contributed by atoms with E-state index < -0.39 is 0 Å². The summed E-state index contributed by atoms with van der Waals surface area (Å²) in [6.45, 7) is 2.01. The predicted octanol–water partition coefficient (Wildman–Crippen LogP) is 1.78. The summed E-state index contributed by atoms with van der Waals surface area (Å²) < 4.78 is 11.1. The molecule has 1 fully saturated rings. The molecule has 0 bridgehead atoms. The number of nitriles is 1. The van der Waals surface area contributed by atoms with Crippen LogP contribution in [0.3, 0.4) is 0 Å². The van der Waals surface area contributed by atoms with Crippen molar-refractivity contribution >= 4 is 0 Å². The molecule has 0 amide bonds. The monoisotopic (exact) mass is 187 g/mol. The Morgan fingerprint density at radius 2 is 2.29 bits per heavy atom. The highest BCUT2D eigenvalue weighted by Crippen LogP contribution is 2.49. The molecule has 0 N–H and O–H groups in total. The number of benzene rings is 1. The average molecular weight is 187 g/mol. The van der Waals surface area contributed by atoms with Crippen LogP contribution in [0.15, 0.2) is 18.2 Å². The van der Waals surface area contributed by atoms with Crippen LogP contribution >= 0.6 is 0 Å². The van der Waals surface area contributed by atoms with Crippen molar-refractivity contribution in [2.24, 2.45) is 0 Å². The first-order chi connectivity index (χ1) is 6.79. The summed E-state index contributed by atoms with van der Waals surface area (Å²) in [4.78, 5) is 0. The zero-order valence-corrected chi connectivity index (χ0v) is 7.73. The quantitative estimate of drug-likeness (QED) is 0.581. The van der Waals surface area contributed by atoms with Crippen molar-refractivity contribution in [3.63, 3.8) is 0 Å². The molecule has 3 heteroatoms. The number of hydrogen-bond donors (Lipinski definition) is 0. The molecule has 0 spiro atoms. The third kappa shape index (κ3) is 0.948. The van der Waals surface area contributed by atoms with Crippen molar-refractivity contribution in [1.82, 2.24) is 0 Å². The van der Waals surface area contributed by atoms with Gasteiger partial charge in [-0.3, -0.25) is 0 Å². The lowest BCUT2D eigenvalue weighted by Gasteiger charge is -2.19. The number of fused-ring (bicyclic) bond motifs is 3. The zero-order valence-electron chi connectivity index (χ0n) is 7.73. The van der Waals surface area contributed by atoms with Crippen LogP contribution in [0.2, 0.25) is 0 Å². The van der Waals surface area contributed by atoms with E-state index in [1.165, 1.54) is 0 Å². The van der Waals surface area contributed by atoms with E-state index in [2.05, 4.69) is 6.07 Å². The van der Waals surface area contributed by atoms with Crippen molar-refractivity contribution in [3.8, 4) is 11.8 Å². The van der Waals surface area contributed by atoms with Gasteiger partial charge in [-0.1, -0.05) is 0 Å². The van der Waals surface area contributed by atoms with Crippen LogP contribution < -0.4 is 4.74 Å². The molecule has 0 aromatic heterocycles. The first kappa shape index (κ1) is 7.84. The molecule has 2 aliphatic heterocycles. The lowest BCUT2D eigenvalue weighted by molar-refractivity contribution is 0.177. The third-order valence-electron chi connectivity index (χ3n) is 2.75. The Bertz CT molecular complexity index is 435. The number of ether oxygens (including phenoxy) is 2. The summed E-state index contributed by atoms with van der Waals surface area (Å²) in [7, 11) is 0. The molecule has 0 radical (unpaired) electrons. The number of rotatable bonds is 0. The van der Waals surface area contributed by atoms with E-state index in [-0.39, 0.29) is 18.3 Å². The molecule has 3 unspecified atom stereocenters. The van der Waals surface area contributed by atoms with E-state index >= 15 is 0 Å². The first-order valence-corrected chi connectivity index (χ1v) is 4.66. The van der Waals surface area contributed by atoms with Gasteiger partial charge in [-0.25, -0.2) is 0 Å². The van der Waals surface area contributed by atoms with E-state index in [0.717, 1.165) is 11.3 Å². The van der Waals surface area contributed by atoms with Gasteiger partial charge < -0.3 is 9.47 Å². The van der Waals surface area contributed by atoms with E-state index in [9.17, 15) is 0 Å². The summed E-state index contributed by atoms with van der Waals surface area (Å²) in [6, 6.07) is 7.59. The number of hydrogen-bond acceptors (Lipinski definition) is 3. The minimum absolute atomic E-state index is 0.125. The molecule has 2 heterocycles. The van der Waals surface area contributed by atoms with Gasteiger partial charge in [0.2, 0.25) is 0 Å². The molecule has 70 valence electrons. The predicted molar refractivity (Wildman–Crippen MR) is 48.9 cm³/mol. The summed E-state index contributed by atoms with van der Waals surface area (Å²) in [5.41, 5.74) is 1.68. The fraction of sp³-hybridized carbons (Fsp3) is 0.364. The van der Waals surface area contributed by atoms with E-state index in [1.54, 1.807) is 6.07 Å². The molecule has 0 aliphatic carbocycles. The molecule has 0 saturated carbocycles. The second kappa shape index (κ2) is 2.49. The van der Waals surface area contributed by atoms with Crippen molar-refractivity contribution in [2.45, 2.75) is 25.2 Å². The maximum Gasteiger partial charge on any atom is 0.125 e. The van der Waals surface area contributed by atoms with Crippen LogP contribution in [0, 0.1) is 11.3 Å². The van der Waals surface area contributed by atoms with Crippen molar-refractivity contribution in [1.29, 1.82) is 5.26 Å². The summed E-state index contributed by atoms with van der Waals surface area (Å²) >= 11 is 0. The summed E-state index contributed by atoms with van der Waals surface area (Å²) in [6.07, 6.45) is 0.471. The molecular formula is C11H9NO2. The number of nitrogens with zero attached hydrogens (tertiary/aromatic N) is 1. The van der Waals surface area contributed by atoms with Crippen molar-refractivity contribution < 1.29 is 9.47 Å². The Morgan fingerprint density at radius 1 is 1.43 bits per heavy atom. The zero-order chi connectivity index (χ0) is 9.71. The molecule has 3 rings (SSSR count). The van der Waals surface area contributed by atoms with Crippen LogP contribution in [0.25, 0.3) is 0 Å². The highest BCUT2D eigenvalue weighted by molar-refractivity contribution is 5.46. The largest absolute Gasteiger partial charge is 0.487 e. The molecular weight excluding hydrogens is 178 g/mol. The molecule has 1 aromatic rings. The normalized spacial score (nSPS) is 32.1. The van der Waals surface area contributed by atoms with Gasteiger partial charge in [-0.05, 0) is 25.1 Å². The van der Waals surface area contributed by atoms with Gasteiger partial charge >= 0.3 is 0 Å². The maximum atomic E-state index is 8.76. The second-order valence-corrected chi connectivity index (χ2v) is 3.71. The standard InChI is InChI=1S/C11H9NO2/c1-6-10-11(14-10)8-4-7(5-12)2-3-9(8)13-6/h2-4,6,10-11H,1H3. The van der Waals surface area contributed by atoms with E-state index in [0.29, 0.717) is 5.56 Å². The van der Waals surface area contributed by atoms with Crippen LogP contribution in [0.1, 0.15) is 24.2 Å². The lowest BCUT2D eigenvalue weighted by atomic mass is 10.0. The Balaban J connectivity index is 2.09. The molecule has 1 saturated heterocycles. The molecule has 2 aliphatic rings. The highest BCUT2D eigenvalue weighted by Gasteiger charge is 2.50. The van der Waals surface area contributed by atoms with Gasteiger partial charge in [-0.2, -0.15) is 5.26 Å². The average Bonchev–Trinajstić information content (AvgIpc) is 2.98. The lowest BCUT2D eigenvalue weighted by Crippen LogP contribution is -2.23. The van der Waals surface area contributed by atoms with Gasteiger partial charge in [0.25, 0.3) is 0 Å². The minimum atomic E-state index is 0.125. The summed E-state index contributed by atoms with van der Waals surface area (Å²) in [5.74, 6) is 0.857. The Hall–Kier alpha value is -1.53. The SMILES string of the molecule is CC1Oc2ccc(C#N)cc2C2OC12. The van der Waals surface area contributed by atoms with Crippen LogP contribution in [0.4, 0.5) is 0 Å². The van der Waals surface area contributed by atoms with Gasteiger partial charge in [0.05, 0.1) is 11.6 Å². The Labute approximate surface area is 81.9 Å². The van der Waals surface area contributed by atoms with Gasteiger partial charge in [0.1, 0.15) is 24.1 Å². The topological polar surface area (TPSA) is 45.5 Å². The van der Waals surface area contributed by atoms with E-state index in [1.807, 2.05) is 19.1 Å². The molecule has 14 heavy (non-hydrogen) atoms. The fourth-order valence-electron chi connectivity index (χ4n) is 1.95. The second-order valence-electron chi connectivity index (χ2n) is 3.71. The van der Waals surface area contributed by atoms with Crippen LogP contribution in [-0.2, 0) is 4.74 Å². The summed E-state index contributed by atoms with van der Waals surface area (Å²) in [5, 5.41) is 8.76. The Kier molecular flexibility index (Phi) is 1.39. The van der Waals surface area contributed by atoms with Gasteiger partial charge in [0, 0.05) is 5.56 Å². The Morgan fingerprint density at radius 3 is 3.07 bits per heavy atom. The smallest absolute Gasteiger partial charge is 0.125 e. The minimum Gasteiger partial charge on any atom is -0.487 e. The first-order valence-electron chi connectivity index (χ1n) is 4.66. The van der Waals surface area contributed by atoms with Gasteiger partial charge in [0.15, 0.2) is 0 Å². The third-order valence-corrected chi connectivity index (χ3v) is 2.75.